The molecular formula is C20H21FN4O3. The molecule has 7 nitrogen and oxygen atoms in total. The highest BCUT2D eigenvalue weighted by atomic mass is 19.1. The first kappa shape index (κ1) is 19.5. The van der Waals surface area contributed by atoms with Crippen LogP contribution in [0.15, 0.2) is 36.7 Å². The minimum absolute atomic E-state index is 0.109. The van der Waals surface area contributed by atoms with Crippen LogP contribution in [0.2, 0.25) is 0 Å². The summed E-state index contributed by atoms with van der Waals surface area (Å²) in [4.78, 5) is 28.0. The van der Waals surface area contributed by atoms with Crippen molar-refractivity contribution in [3.8, 4) is 0 Å². The van der Waals surface area contributed by atoms with E-state index in [1.165, 1.54) is 23.9 Å². The summed E-state index contributed by atoms with van der Waals surface area (Å²) in [5, 5.41) is 7.92. The highest BCUT2D eigenvalue weighted by Gasteiger charge is 2.20. The maximum absolute atomic E-state index is 13.3. The highest BCUT2D eigenvalue weighted by molar-refractivity contribution is 6.06. The topological polar surface area (TPSA) is 86.1 Å². The first-order valence-corrected chi connectivity index (χ1v) is 8.73. The Morgan fingerprint density at radius 1 is 1.18 bits per heavy atom. The molecule has 0 saturated heterocycles. The number of halogens is 1. The zero-order valence-corrected chi connectivity index (χ0v) is 16.1. The molecule has 8 heteroatoms. The van der Waals surface area contributed by atoms with Crippen molar-refractivity contribution in [3.63, 3.8) is 0 Å². The minimum atomic E-state index is -0.612. The Hall–Kier alpha value is -3.29. The summed E-state index contributed by atoms with van der Waals surface area (Å²) in [5.74, 6) is -1.13. The van der Waals surface area contributed by atoms with E-state index in [1.54, 1.807) is 39.0 Å². The molecule has 146 valence electrons. The molecule has 3 aromatic rings. The third-order valence-electron chi connectivity index (χ3n) is 3.78. The molecule has 1 aromatic carbocycles. The van der Waals surface area contributed by atoms with E-state index in [1.807, 2.05) is 0 Å². The first-order valence-electron chi connectivity index (χ1n) is 8.73. The zero-order valence-electron chi connectivity index (χ0n) is 16.1. The van der Waals surface area contributed by atoms with Gasteiger partial charge in [-0.3, -0.25) is 19.3 Å². The van der Waals surface area contributed by atoms with Crippen molar-refractivity contribution in [1.29, 1.82) is 0 Å². The average molecular weight is 384 g/mol. The van der Waals surface area contributed by atoms with Crippen LogP contribution >= 0.6 is 0 Å². The van der Waals surface area contributed by atoms with Gasteiger partial charge in [-0.05, 0) is 39.0 Å². The normalized spacial score (nSPS) is 11.5. The summed E-state index contributed by atoms with van der Waals surface area (Å²) < 4.78 is 20.1. The summed E-state index contributed by atoms with van der Waals surface area (Å²) in [7, 11) is 0. The van der Waals surface area contributed by atoms with E-state index in [4.69, 9.17) is 4.74 Å². The number of carbonyl (C=O) groups is 2. The van der Waals surface area contributed by atoms with Crippen molar-refractivity contribution in [1.82, 2.24) is 14.8 Å². The quantitative estimate of drug-likeness (QED) is 0.531. The smallest absolute Gasteiger partial charge is 0.328 e. The number of nitrogens with zero attached hydrogens (tertiary/aromatic N) is 3. The molecule has 0 aliphatic heterocycles. The zero-order chi connectivity index (χ0) is 20.5. The van der Waals surface area contributed by atoms with Gasteiger partial charge in [-0.1, -0.05) is 0 Å². The molecule has 0 aliphatic carbocycles. The highest BCUT2D eigenvalue weighted by Crippen LogP contribution is 2.26. The number of carbonyl (C=O) groups excluding carboxylic acids is 2. The van der Waals surface area contributed by atoms with E-state index in [9.17, 15) is 14.0 Å². The first-order chi connectivity index (χ1) is 13.1. The number of pyridine rings is 1. The third-order valence-corrected chi connectivity index (χ3v) is 3.78. The fraction of sp³-hybridized carbons (Fsp3) is 0.300. The number of rotatable bonds is 5. The summed E-state index contributed by atoms with van der Waals surface area (Å²) >= 11 is 0. The second kappa shape index (κ2) is 7.38. The van der Waals surface area contributed by atoms with Crippen molar-refractivity contribution in [2.45, 2.75) is 39.8 Å². The Labute approximate surface area is 161 Å². The molecule has 0 unspecified atom stereocenters. The molecule has 2 heterocycles. The molecule has 0 aliphatic rings. The van der Waals surface area contributed by atoms with Crippen LogP contribution in [0.1, 0.15) is 38.2 Å². The summed E-state index contributed by atoms with van der Waals surface area (Å²) in [6.07, 6.45) is 2.61. The van der Waals surface area contributed by atoms with Crippen molar-refractivity contribution in [2.24, 2.45) is 0 Å². The molecule has 1 N–H and O–H groups in total. The third kappa shape index (κ3) is 4.51. The molecule has 0 fully saturated rings. The fourth-order valence-electron chi connectivity index (χ4n) is 2.78. The van der Waals surface area contributed by atoms with Gasteiger partial charge in [-0.25, -0.2) is 4.39 Å². The number of hydrogen-bond acceptors (Lipinski definition) is 6. The van der Waals surface area contributed by atoms with Gasteiger partial charge in [0.05, 0.1) is 23.6 Å². The van der Waals surface area contributed by atoms with Crippen LogP contribution in [0.5, 0.6) is 0 Å². The molecule has 0 atom stereocenters. The fourth-order valence-corrected chi connectivity index (χ4v) is 2.78. The monoisotopic (exact) mass is 384 g/mol. The summed E-state index contributed by atoms with van der Waals surface area (Å²) in [6, 6.07) is 6.54. The molecule has 0 radical (unpaired) electrons. The van der Waals surface area contributed by atoms with Gasteiger partial charge >= 0.3 is 5.97 Å². The van der Waals surface area contributed by atoms with Gasteiger partial charge in [-0.2, -0.15) is 5.10 Å². The maximum atomic E-state index is 13.3. The molecular weight excluding hydrogens is 363 g/mol. The van der Waals surface area contributed by atoms with E-state index in [0.717, 1.165) is 6.20 Å². The lowest BCUT2D eigenvalue weighted by atomic mass is 10.1. The van der Waals surface area contributed by atoms with Crippen LogP contribution in [0.25, 0.3) is 10.9 Å². The standard InChI is InChI=1S/C20H21FN4O3/c1-12(26)19-16-8-14(23-15-7-13(21)9-22-10-15)5-6-17(16)25(24-19)11-18(27)28-20(2,3)4/h5-10,23H,11H2,1-4H3. The van der Waals surface area contributed by atoms with Gasteiger partial charge in [0.1, 0.15) is 23.7 Å². The molecule has 28 heavy (non-hydrogen) atoms. The Kier molecular flexibility index (Phi) is 5.13. The number of aromatic nitrogens is 3. The Morgan fingerprint density at radius 2 is 1.93 bits per heavy atom. The number of anilines is 2. The summed E-state index contributed by atoms with van der Waals surface area (Å²) in [5.41, 5.74) is 1.38. The number of Topliss-reactive ketones (excluding diaryl/α,β-unsaturated/α-hetero) is 1. The average Bonchev–Trinajstić information content (AvgIpc) is 2.91. The molecule has 0 amide bonds. The van der Waals surface area contributed by atoms with Crippen LogP contribution in [0.3, 0.4) is 0 Å². The van der Waals surface area contributed by atoms with Crippen LogP contribution in [-0.2, 0) is 16.1 Å². The Bertz CT molecular complexity index is 1050. The predicted molar refractivity (Wildman–Crippen MR) is 103 cm³/mol. The van der Waals surface area contributed by atoms with Crippen LogP contribution in [0, 0.1) is 5.82 Å². The lowest BCUT2D eigenvalue weighted by molar-refractivity contribution is -0.155. The molecule has 0 spiro atoms. The van der Waals surface area contributed by atoms with Gasteiger partial charge in [-0.15, -0.1) is 0 Å². The van der Waals surface area contributed by atoms with Crippen LogP contribution in [0.4, 0.5) is 15.8 Å². The summed E-state index contributed by atoms with van der Waals surface area (Å²) in [6.45, 7) is 6.66. The van der Waals surface area contributed by atoms with Crippen molar-refractivity contribution < 1.29 is 18.7 Å². The largest absolute Gasteiger partial charge is 0.459 e. The van der Waals surface area contributed by atoms with Crippen molar-refractivity contribution in [2.75, 3.05) is 5.32 Å². The lowest BCUT2D eigenvalue weighted by Gasteiger charge is -2.19. The number of esters is 1. The Morgan fingerprint density at radius 3 is 2.57 bits per heavy atom. The van der Waals surface area contributed by atoms with Gasteiger partial charge in [0.15, 0.2) is 5.78 Å². The minimum Gasteiger partial charge on any atom is -0.459 e. The number of benzene rings is 1. The number of ether oxygens (including phenoxy) is 1. The van der Waals surface area contributed by atoms with Gasteiger partial charge in [0.25, 0.3) is 0 Å². The van der Waals surface area contributed by atoms with E-state index < -0.39 is 17.4 Å². The molecule has 0 bridgehead atoms. The van der Waals surface area contributed by atoms with Gasteiger partial charge in [0.2, 0.25) is 0 Å². The van der Waals surface area contributed by atoms with E-state index >= 15 is 0 Å². The van der Waals surface area contributed by atoms with E-state index in [0.29, 0.717) is 22.3 Å². The maximum Gasteiger partial charge on any atom is 0.328 e. The van der Waals surface area contributed by atoms with Crippen LogP contribution in [-0.4, -0.2) is 32.1 Å². The van der Waals surface area contributed by atoms with Crippen molar-refractivity contribution in [3.05, 3.63) is 48.2 Å². The Balaban J connectivity index is 1.95. The lowest BCUT2D eigenvalue weighted by Crippen LogP contribution is -2.26. The van der Waals surface area contributed by atoms with Gasteiger partial charge < -0.3 is 10.1 Å². The number of fused-ring (bicyclic) bond motifs is 1. The second-order valence-electron chi connectivity index (χ2n) is 7.40. The number of hydrogen-bond donors (Lipinski definition) is 1. The van der Waals surface area contributed by atoms with Crippen LogP contribution < -0.4 is 5.32 Å². The SMILES string of the molecule is CC(=O)c1nn(CC(=O)OC(C)(C)C)c2ccc(Nc3cncc(F)c3)cc12. The number of nitrogens with one attached hydrogen (secondary N) is 1. The molecule has 3 rings (SSSR count). The number of ketones is 1. The predicted octanol–water partition coefficient (Wildman–Crippen LogP) is 3.86. The van der Waals surface area contributed by atoms with E-state index in [2.05, 4.69) is 15.4 Å². The van der Waals surface area contributed by atoms with Gasteiger partial charge in [0, 0.05) is 24.1 Å². The molecule has 0 saturated carbocycles. The second-order valence-corrected chi connectivity index (χ2v) is 7.40. The molecule has 2 aromatic heterocycles. The van der Waals surface area contributed by atoms with Crippen molar-refractivity contribution >= 4 is 34.0 Å². The van der Waals surface area contributed by atoms with E-state index in [-0.39, 0.29) is 18.0 Å².